The van der Waals surface area contributed by atoms with E-state index in [1.165, 1.54) is 11.6 Å². The monoisotopic (exact) mass is 455 g/mol. The predicted octanol–water partition coefficient (Wildman–Crippen LogP) is 3.34. The minimum absolute atomic E-state index is 0.356. The van der Waals surface area contributed by atoms with Gasteiger partial charge in [-0.25, -0.2) is 4.79 Å². The number of hydrogen-bond acceptors (Lipinski definition) is 5. The fourth-order valence-corrected chi connectivity index (χ4v) is 4.26. The van der Waals surface area contributed by atoms with E-state index in [1.54, 1.807) is 18.8 Å². The number of nitrogens with one attached hydrogen (secondary N) is 1. The average Bonchev–Trinajstić information content (AvgIpc) is 3.14. The van der Waals surface area contributed by atoms with Gasteiger partial charge in [0, 0.05) is 36.3 Å². The van der Waals surface area contributed by atoms with E-state index in [0.29, 0.717) is 35.2 Å². The van der Waals surface area contributed by atoms with E-state index in [0.717, 1.165) is 20.8 Å². The van der Waals surface area contributed by atoms with E-state index in [2.05, 4.69) is 10.3 Å². The van der Waals surface area contributed by atoms with E-state index < -0.39 is 5.69 Å². The topological polar surface area (TPSA) is 73.8 Å². The lowest BCUT2D eigenvalue weighted by Gasteiger charge is -2.11. The van der Waals surface area contributed by atoms with Crippen LogP contribution in [0.1, 0.15) is 5.56 Å². The molecule has 4 aromatic rings. The number of rotatable bonds is 7. The molecule has 0 aliphatic carbocycles. The first-order valence-corrected chi connectivity index (χ1v) is 11.1. The molecular formula is C22H22ClN5O2S. The number of anilines is 1. The van der Waals surface area contributed by atoms with Crippen molar-refractivity contribution in [3.8, 4) is 0 Å². The third-order valence-electron chi connectivity index (χ3n) is 5.00. The summed E-state index contributed by atoms with van der Waals surface area (Å²) in [6.07, 6.45) is 0. The summed E-state index contributed by atoms with van der Waals surface area (Å²) < 4.78 is 4.37. The van der Waals surface area contributed by atoms with Gasteiger partial charge < -0.3 is 5.32 Å². The first kappa shape index (κ1) is 21.3. The number of fused-ring (bicyclic) bond motifs is 1. The second kappa shape index (κ2) is 9.03. The van der Waals surface area contributed by atoms with Crippen molar-refractivity contribution in [2.24, 2.45) is 14.1 Å². The number of imidazole rings is 1. The second-order valence-corrected chi connectivity index (χ2v) is 8.72. The largest absolute Gasteiger partial charge is 0.355 e. The van der Waals surface area contributed by atoms with Crippen molar-refractivity contribution in [1.29, 1.82) is 0 Å². The first-order valence-electron chi connectivity index (χ1n) is 9.78. The van der Waals surface area contributed by atoms with Crippen LogP contribution in [0.15, 0.2) is 69.1 Å². The van der Waals surface area contributed by atoms with Gasteiger partial charge in [-0.05, 0) is 29.8 Å². The molecule has 2 aromatic heterocycles. The first-order chi connectivity index (χ1) is 15.0. The minimum Gasteiger partial charge on any atom is -0.355 e. The summed E-state index contributed by atoms with van der Waals surface area (Å²) in [5, 5.41) is 4.05. The van der Waals surface area contributed by atoms with Crippen LogP contribution in [0.4, 0.5) is 5.95 Å². The zero-order chi connectivity index (χ0) is 22.0. The van der Waals surface area contributed by atoms with Crippen LogP contribution >= 0.6 is 23.4 Å². The molecule has 4 rings (SSSR count). The van der Waals surface area contributed by atoms with Crippen molar-refractivity contribution in [3.05, 3.63) is 86.0 Å². The van der Waals surface area contributed by atoms with Crippen LogP contribution < -0.4 is 16.6 Å². The lowest BCUT2D eigenvalue weighted by atomic mass is 10.2. The number of hydrogen-bond donors (Lipinski definition) is 1. The smallest absolute Gasteiger partial charge is 0.332 e. The highest BCUT2D eigenvalue weighted by molar-refractivity contribution is 7.99. The van der Waals surface area contributed by atoms with Gasteiger partial charge in [0.2, 0.25) is 5.95 Å². The molecule has 0 saturated carbocycles. The number of nitrogens with zero attached hydrogens (tertiary/aromatic N) is 4. The summed E-state index contributed by atoms with van der Waals surface area (Å²) in [4.78, 5) is 31.0. The summed E-state index contributed by atoms with van der Waals surface area (Å²) >= 11 is 7.64. The normalized spacial score (nSPS) is 11.2. The van der Waals surface area contributed by atoms with Gasteiger partial charge in [-0.3, -0.25) is 18.5 Å². The highest BCUT2D eigenvalue weighted by Gasteiger charge is 2.19. The van der Waals surface area contributed by atoms with E-state index in [9.17, 15) is 9.59 Å². The summed E-state index contributed by atoms with van der Waals surface area (Å²) in [5.41, 5.74) is 1.06. The van der Waals surface area contributed by atoms with Crippen LogP contribution in [0, 0.1) is 0 Å². The van der Waals surface area contributed by atoms with Crippen molar-refractivity contribution in [1.82, 2.24) is 18.7 Å². The summed E-state index contributed by atoms with van der Waals surface area (Å²) in [5.74, 6) is 1.36. The van der Waals surface area contributed by atoms with Gasteiger partial charge in [-0.1, -0.05) is 41.9 Å². The molecule has 0 aliphatic heterocycles. The molecule has 7 nitrogen and oxygen atoms in total. The molecule has 1 N–H and O–H groups in total. The summed E-state index contributed by atoms with van der Waals surface area (Å²) in [6, 6.07) is 17.6. The zero-order valence-corrected chi connectivity index (χ0v) is 18.8. The molecule has 0 fully saturated rings. The van der Waals surface area contributed by atoms with Crippen molar-refractivity contribution in [2.75, 3.05) is 17.6 Å². The molecule has 2 heterocycles. The summed E-state index contributed by atoms with van der Waals surface area (Å²) in [6.45, 7) is 1.11. The van der Waals surface area contributed by atoms with Gasteiger partial charge in [-0.2, -0.15) is 4.98 Å². The predicted molar refractivity (Wildman–Crippen MR) is 126 cm³/mol. The van der Waals surface area contributed by atoms with Crippen LogP contribution in [0.2, 0.25) is 5.02 Å². The molecule has 2 aromatic carbocycles. The third-order valence-corrected chi connectivity index (χ3v) is 6.26. The fraction of sp³-hybridized carbons (Fsp3) is 0.227. The Bertz CT molecular complexity index is 1330. The van der Waals surface area contributed by atoms with Crippen molar-refractivity contribution in [2.45, 2.75) is 11.4 Å². The Morgan fingerprint density at radius 3 is 2.42 bits per heavy atom. The summed E-state index contributed by atoms with van der Waals surface area (Å²) in [7, 11) is 3.12. The van der Waals surface area contributed by atoms with Crippen LogP contribution in [-0.4, -0.2) is 31.0 Å². The van der Waals surface area contributed by atoms with E-state index in [1.807, 2.05) is 59.2 Å². The van der Waals surface area contributed by atoms with Crippen LogP contribution in [0.3, 0.4) is 0 Å². The van der Waals surface area contributed by atoms with Crippen molar-refractivity contribution in [3.63, 3.8) is 0 Å². The Labute approximate surface area is 188 Å². The highest BCUT2D eigenvalue weighted by atomic mass is 35.5. The number of aromatic nitrogens is 4. The molecule has 0 saturated heterocycles. The minimum atomic E-state index is -0.397. The Morgan fingerprint density at radius 2 is 1.71 bits per heavy atom. The van der Waals surface area contributed by atoms with Gasteiger partial charge in [0.1, 0.15) is 0 Å². The molecule has 0 bridgehead atoms. The molecule has 0 amide bonds. The molecule has 0 radical (unpaired) electrons. The van der Waals surface area contributed by atoms with E-state index in [-0.39, 0.29) is 5.56 Å². The number of halogens is 1. The van der Waals surface area contributed by atoms with Gasteiger partial charge in [-0.15, -0.1) is 11.8 Å². The number of benzene rings is 2. The Balaban J connectivity index is 1.64. The Hall–Kier alpha value is -2.97. The van der Waals surface area contributed by atoms with Crippen LogP contribution in [0.5, 0.6) is 0 Å². The molecule has 160 valence electrons. The van der Waals surface area contributed by atoms with Crippen molar-refractivity contribution >= 4 is 40.5 Å². The molecule has 9 heteroatoms. The van der Waals surface area contributed by atoms with Gasteiger partial charge in [0.05, 0.1) is 6.54 Å². The lowest BCUT2D eigenvalue weighted by Crippen LogP contribution is -2.37. The quantitative estimate of drug-likeness (QED) is 0.342. The molecule has 0 atom stereocenters. The highest BCUT2D eigenvalue weighted by Crippen LogP contribution is 2.21. The molecule has 0 unspecified atom stereocenters. The van der Waals surface area contributed by atoms with Crippen molar-refractivity contribution < 1.29 is 0 Å². The maximum absolute atomic E-state index is 12.9. The Morgan fingerprint density at radius 1 is 1.00 bits per heavy atom. The SMILES string of the molecule is Cn1c(=O)c2c(nc(NCCSc3ccc(Cl)cc3)n2Cc2ccccc2)n(C)c1=O. The van der Waals surface area contributed by atoms with E-state index in [4.69, 9.17) is 11.6 Å². The fourth-order valence-electron chi connectivity index (χ4n) is 3.36. The van der Waals surface area contributed by atoms with Gasteiger partial charge in [0.15, 0.2) is 11.2 Å². The number of thioether (sulfide) groups is 1. The average molecular weight is 456 g/mol. The molecule has 0 spiro atoms. The maximum atomic E-state index is 12.9. The number of aryl methyl sites for hydroxylation is 1. The molecular weight excluding hydrogens is 434 g/mol. The van der Waals surface area contributed by atoms with Gasteiger partial charge >= 0.3 is 5.69 Å². The van der Waals surface area contributed by atoms with Gasteiger partial charge in [0.25, 0.3) is 5.56 Å². The van der Waals surface area contributed by atoms with Crippen LogP contribution in [0.25, 0.3) is 11.2 Å². The van der Waals surface area contributed by atoms with Crippen LogP contribution in [-0.2, 0) is 20.6 Å². The molecule has 0 aliphatic rings. The standard InChI is InChI=1S/C22H22ClN5O2S/c1-26-19-18(20(29)27(2)22(26)30)28(14-15-6-4-3-5-7-15)21(25-19)24-12-13-31-17-10-8-16(23)9-11-17/h3-11H,12-14H2,1-2H3,(H,24,25). The third kappa shape index (κ3) is 4.40. The van der Waals surface area contributed by atoms with E-state index >= 15 is 0 Å². The zero-order valence-electron chi connectivity index (χ0n) is 17.2. The second-order valence-electron chi connectivity index (χ2n) is 7.11. The Kier molecular flexibility index (Phi) is 6.20. The molecule has 31 heavy (non-hydrogen) atoms. The maximum Gasteiger partial charge on any atom is 0.332 e. The lowest BCUT2D eigenvalue weighted by molar-refractivity contribution is 0.702.